The minimum atomic E-state index is -1.16. The number of methoxy groups -OCH3 is 1. The SMILES string of the molecule is CCn1c(-c2cccnc2[C@H](C)OC)c2c3cc(ccc31)-c1cc(O)cc(c1)C[C@H](NC(=O)[C@H](C(C)C)N(C)C(=O)[C@H]1CCN(C(=O)[C@H]3CN3)C1)C(=O)N1CCC[C@H](N1)C(=O)OCC(C)(C)C2. The van der Waals surface area contributed by atoms with E-state index in [0.717, 1.165) is 44.5 Å². The number of benzene rings is 2. The highest BCUT2D eigenvalue weighted by Gasteiger charge is 2.42. The zero-order valence-electron chi connectivity index (χ0n) is 40.1. The first-order valence-corrected chi connectivity index (χ1v) is 23.8. The summed E-state index contributed by atoms with van der Waals surface area (Å²) in [5, 5.41) is 19.8. The molecule has 4 aromatic rings. The molecule has 4 amide bonds. The van der Waals surface area contributed by atoms with Crippen molar-refractivity contribution in [2.75, 3.05) is 46.9 Å². The number of carbonyl (C=O) groups is 5. The predicted octanol–water partition coefficient (Wildman–Crippen LogP) is 4.75. The van der Waals surface area contributed by atoms with Gasteiger partial charge in [0.2, 0.25) is 17.7 Å². The van der Waals surface area contributed by atoms with E-state index in [1.54, 1.807) is 37.4 Å². The van der Waals surface area contributed by atoms with E-state index >= 15 is 0 Å². The minimum absolute atomic E-state index is 0.00382. The topological polar surface area (TPSA) is 198 Å². The van der Waals surface area contributed by atoms with Crippen LogP contribution in [-0.2, 0) is 52.8 Å². The number of carbonyl (C=O) groups excluding carboxylic acids is 5. The fourth-order valence-electron chi connectivity index (χ4n) is 10.3. The van der Waals surface area contributed by atoms with Crippen LogP contribution in [-0.4, -0.2) is 130 Å². The van der Waals surface area contributed by atoms with Crippen LogP contribution in [0.5, 0.6) is 5.75 Å². The Kier molecular flexibility index (Phi) is 13.8. The first kappa shape index (κ1) is 47.6. The van der Waals surface area contributed by atoms with E-state index in [0.29, 0.717) is 50.9 Å². The molecule has 358 valence electrons. The minimum Gasteiger partial charge on any atom is -0.508 e. The van der Waals surface area contributed by atoms with Crippen LogP contribution in [0.3, 0.4) is 0 Å². The highest BCUT2D eigenvalue weighted by molar-refractivity contribution is 5.96. The Morgan fingerprint density at radius 1 is 1.06 bits per heavy atom. The van der Waals surface area contributed by atoms with Gasteiger partial charge in [0.1, 0.15) is 23.9 Å². The number of likely N-dealkylation sites (tertiary alicyclic amines) is 1. The summed E-state index contributed by atoms with van der Waals surface area (Å²) in [6.07, 6.45) is 3.48. The number of ether oxygens (including phenoxy) is 2. The zero-order valence-corrected chi connectivity index (χ0v) is 40.1. The first-order valence-electron chi connectivity index (χ1n) is 23.8. The Hall–Kier alpha value is -5.84. The fourth-order valence-corrected chi connectivity index (χ4v) is 10.3. The Bertz CT molecular complexity index is 2550. The third kappa shape index (κ3) is 9.93. The van der Waals surface area contributed by atoms with E-state index < -0.39 is 47.2 Å². The van der Waals surface area contributed by atoms with Gasteiger partial charge in [0.05, 0.1) is 36.1 Å². The number of fused-ring (bicyclic) bond motifs is 6. The first-order chi connectivity index (χ1) is 32.0. The lowest BCUT2D eigenvalue weighted by atomic mass is 9.84. The molecule has 4 aliphatic heterocycles. The van der Waals surface area contributed by atoms with Crippen LogP contribution in [0.15, 0.2) is 54.7 Å². The summed E-state index contributed by atoms with van der Waals surface area (Å²) in [5.41, 5.74) is 9.57. The number of hydrogen-bond acceptors (Lipinski definition) is 11. The van der Waals surface area contributed by atoms with Gasteiger partial charge >= 0.3 is 5.97 Å². The summed E-state index contributed by atoms with van der Waals surface area (Å²) >= 11 is 0. The standard InChI is InChI=1S/C51H66N8O8/c1-9-58-42-15-14-32-24-37(42)38(45(58)36-12-10-17-52-43(36)30(4)66-8)25-51(5,6)28-67-50(65)39-13-11-18-59(55-39)49(64)40(22-31-20-34(32)23-35(60)21-31)54-46(61)44(29(2)3)56(7)47(62)33-16-19-57(27-33)48(63)41-26-53-41/h10,12,14-15,17,20-21,23-24,29-30,33,39-41,44,53,55,60H,9,11,13,16,18-19,22,25-28H2,1-8H3,(H,54,61)/t30-,33-,39-,40-,41+,44-/m0/s1. The second-order valence-electron chi connectivity index (χ2n) is 19.9. The highest BCUT2D eigenvalue weighted by atomic mass is 16.5. The number of pyridine rings is 1. The smallest absolute Gasteiger partial charge is 0.324 e. The van der Waals surface area contributed by atoms with E-state index in [9.17, 15) is 29.1 Å². The number of cyclic esters (lactones) is 1. The van der Waals surface area contributed by atoms with Gasteiger partial charge < -0.3 is 39.6 Å². The van der Waals surface area contributed by atoms with Gasteiger partial charge in [0.15, 0.2) is 0 Å². The molecule has 0 spiro atoms. The second-order valence-corrected chi connectivity index (χ2v) is 19.9. The van der Waals surface area contributed by atoms with Crippen molar-refractivity contribution in [2.24, 2.45) is 17.3 Å². The maximum absolute atomic E-state index is 14.7. The molecule has 0 radical (unpaired) electrons. The fraction of sp³-hybridized carbons (Fsp3) is 0.529. The monoisotopic (exact) mass is 919 g/mol. The van der Waals surface area contributed by atoms with Crippen LogP contribution in [0.4, 0.5) is 0 Å². The van der Waals surface area contributed by atoms with Crippen molar-refractivity contribution >= 4 is 40.5 Å². The number of amides is 4. The number of hydrogen-bond donors (Lipinski definition) is 4. The maximum atomic E-state index is 14.7. The number of rotatable bonds is 10. The summed E-state index contributed by atoms with van der Waals surface area (Å²) in [4.78, 5) is 78.0. The highest BCUT2D eigenvalue weighted by Crippen LogP contribution is 2.42. The van der Waals surface area contributed by atoms with Gasteiger partial charge in [-0.05, 0) is 104 Å². The van der Waals surface area contributed by atoms with Crippen molar-refractivity contribution in [1.29, 1.82) is 0 Å². The van der Waals surface area contributed by atoms with Gasteiger partial charge in [-0.1, -0.05) is 39.8 Å². The molecule has 6 bridgehead atoms. The predicted molar refractivity (Wildman–Crippen MR) is 253 cm³/mol. The molecule has 0 unspecified atom stereocenters. The van der Waals surface area contributed by atoms with E-state index in [1.165, 1.54) is 9.91 Å². The van der Waals surface area contributed by atoms with Crippen LogP contribution in [0.2, 0.25) is 0 Å². The number of phenols is 1. The molecule has 16 heteroatoms. The number of aromatic nitrogens is 2. The molecule has 6 atom stereocenters. The third-order valence-corrected chi connectivity index (χ3v) is 13.9. The molecular formula is C51H66N8O8. The van der Waals surface area contributed by atoms with Gasteiger partial charge in [0, 0.05) is 81.4 Å². The Morgan fingerprint density at radius 3 is 2.55 bits per heavy atom. The number of likely N-dealkylation sites (N-methyl/N-ethyl adjacent to an activating group) is 1. The average Bonchev–Trinajstić information content (AvgIpc) is 3.97. The molecule has 8 rings (SSSR count). The number of aryl methyl sites for hydroxylation is 1. The van der Waals surface area contributed by atoms with Gasteiger partial charge in [0.25, 0.3) is 5.91 Å². The number of nitrogens with zero attached hydrogens (tertiary/aromatic N) is 5. The van der Waals surface area contributed by atoms with Crippen LogP contribution < -0.4 is 16.1 Å². The lowest BCUT2D eigenvalue weighted by molar-refractivity contribution is -0.155. The van der Waals surface area contributed by atoms with E-state index in [-0.39, 0.29) is 61.7 Å². The van der Waals surface area contributed by atoms with Crippen LogP contribution >= 0.6 is 0 Å². The molecule has 16 nitrogen and oxygen atoms in total. The van der Waals surface area contributed by atoms with Gasteiger partial charge in [-0.2, -0.15) is 0 Å². The summed E-state index contributed by atoms with van der Waals surface area (Å²) < 4.78 is 14.2. The van der Waals surface area contributed by atoms with Gasteiger partial charge in [-0.25, -0.2) is 5.43 Å². The molecular weight excluding hydrogens is 853 g/mol. The maximum Gasteiger partial charge on any atom is 0.324 e. The molecule has 3 fully saturated rings. The van der Waals surface area contributed by atoms with Crippen LogP contribution in [0.25, 0.3) is 33.3 Å². The van der Waals surface area contributed by atoms with Crippen LogP contribution in [0.1, 0.15) is 83.7 Å². The lowest BCUT2D eigenvalue weighted by Gasteiger charge is -2.37. The number of phenolic OH excluding ortho intramolecular Hbond substituents is 1. The zero-order chi connectivity index (χ0) is 47.9. The van der Waals surface area contributed by atoms with E-state index in [2.05, 4.69) is 59.6 Å². The number of aromatic hydroxyl groups is 1. The second kappa shape index (κ2) is 19.4. The van der Waals surface area contributed by atoms with Crippen molar-refractivity contribution in [3.05, 3.63) is 71.5 Å². The molecule has 0 saturated carbocycles. The van der Waals surface area contributed by atoms with E-state index in [1.807, 2.05) is 39.0 Å². The Labute approximate surface area is 392 Å². The van der Waals surface area contributed by atoms with Crippen LogP contribution in [0, 0.1) is 17.3 Å². The quantitative estimate of drug-likeness (QED) is 0.127. The number of nitrogens with one attached hydrogen (secondary N) is 3. The molecule has 67 heavy (non-hydrogen) atoms. The molecule has 2 aromatic carbocycles. The van der Waals surface area contributed by atoms with Crippen molar-refractivity contribution < 1.29 is 38.6 Å². The molecule has 4 N–H and O–H groups in total. The van der Waals surface area contributed by atoms with E-state index in [4.69, 9.17) is 14.5 Å². The molecule has 3 saturated heterocycles. The van der Waals surface area contributed by atoms with Crippen molar-refractivity contribution in [2.45, 2.75) is 110 Å². The number of esters is 1. The van der Waals surface area contributed by atoms with Gasteiger partial charge in [-0.3, -0.25) is 34.0 Å². The van der Waals surface area contributed by atoms with Crippen molar-refractivity contribution in [3.63, 3.8) is 0 Å². The summed E-state index contributed by atoms with van der Waals surface area (Å²) in [5.74, 6) is -2.51. The summed E-state index contributed by atoms with van der Waals surface area (Å²) in [6.45, 7) is 14.4. The van der Waals surface area contributed by atoms with Crippen molar-refractivity contribution in [1.82, 2.24) is 40.4 Å². The van der Waals surface area contributed by atoms with Crippen molar-refractivity contribution in [3.8, 4) is 28.1 Å². The van der Waals surface area contributed by atoms with Gasteiger partial charge in [-0.15, -0.1) is 0 Å². The number of hydrazine groups is 1. The molecule has 6 heterocycles. The summed E-state index contributed by atoms with van der Waals surface area (Å²) in [7, 11) is 3.28. The average molecular weight is 919 g/mol. The summed E-state index contributed by atoms with van der Waals surface area (Å²) in [6, 6.07) is 12.4. The normalized spacial score (nSPS) is 22.8. The Balaban J connectivity index is 1.18. The Morgan fingerprint density at radius 2 is 1.84 bits per heavy atom. The largest absolute Gasteiger partial charge is 0.508 e. The molecule has 0 aliphatic carbocycles. The molecule has 2 aromatic heterocycles. The lowest BCUT2D eigenvalue weighted by Crippen LogP contribution is -2.62. The third-order valence-electron chi connectivity index (χ3n) is 13.9. The molecule has 4 aliphatic rings.